The number of carboxylic acid groups (broad SMARTS) is 1. The van der Waals surface area contributed by atoms with E-state index in [2.05, 4.69) is 20.3 Å². The molecule has 0 saturated heterocycles. The third-order valence-corrected chi connectivity index (χ3v) is 12.0. The molecule has 1 fully saturated rings. The number of amides is 2. The van der Waals surface area contributed by atoms with Gasteiger partial charge in [-0.2, -0.15) is 0 Å². The topological polar surface area (TPSA) is 221 Å². The average molecular weight is 704 g/mol. The van der Waals surface area contributed by atoms with E-state index >= 15 is 0 Å². The number of aromatic amines is 1. The van der Waals surface area contributed by atoms with Gasteiger partial charge in [-0.3, -0.25) is 14.2 Å². The molecule has 15 heteroatoms. The molecule has 8 N–H and O–H groups in total. The smallest absolute Gasteiger partial charge is 0.326 e. The number of aliphatic carboxylic acids is 1. The third kappa shape index (κ3) is 9.99. The highest BCUT2D eigenvalue weighted by Crippen LogP contribution is 2.55. The minimum Gasteiger partial charge on any atom is -0.480 e. The van der Waals surface area contributed by atoms with Crippen LogP contribution in [0.25, 0.3) is 10.9 Å². The number of nitrogens with two attached hydrogens (primary N) is 1. The van der Waals surface area contributed by atoms with Crippen LogP contribution in [0.1, 0.15) is 56.1 Å². The van der Waals surface area contributed by atoms with Crippen LogP contribution in [0.15, 0.2) is 60.8 Å². The first-order chi connectivity index (χ1) is 22.7. The molecule has 4 atom stereocenters. The summed E-state index contributed by atoms with van der Waals surface area (Å²) < 4.78 is 40.9. The Morgan fingerprint density at radius 2 is 1.65 bits per heavy atom. The van der Waals surface area contributed by atoms with E-state index < -0.39 is 64.6 Å². The van der Waals surface area contributed by atoms with Crippen LogP contribution in [0.3, 0.4) is 0 Å². The molecular weight excluding hydrogens is 657 g/mol. The van der Waals surface area contributed by atoms with Crippen molar-refractivity contribution >= 4 is 46.1 Å². The van der Waals surface area contributed by atoms with Gasteiger partial charge in [-0.25, -0.2) is 17.9 Å². The first-order valence-electron chi connectivity index (χ1n) is 16.1. The van der Waals surface area contributed by atoms with Crippen LogP contribution in [0.4, 0.5) is 0 Å². The summed E-state index contributed by atoms with van der Waals surface area (Å²) in [6.07, 6.45) is 4.98. The molecule has 3 aromatic rings. The highest BCUT2D eigenvalue weighted by molar-refractivity contribution is 7.88. The van der Waals surface area contributed by atoms with Crippen molar-refractivity contribution in [2.24, 2.45) is 11.1 Å². The summed E-state index contributed by atoms with van der Waals surface area (Å²) in [5, 5.41) is 16.2. The molecule has 1 aliphatic carbocycles. The van der Waals surface area contributed by atoms with Crippen molar-refractivity contribution in [2.75, 3.05) is 19.0 Å². The summed E-state index contributed by atoms with van der Waals surface area (Å²) in [5.41, 5.74) is 6.43. The van der Waals surface area contributed by atoms with Crippen molar-refractivity contribution in [3.8, 4) is 0 Å². The standard InChI is InChI=1S/C33H46N5O8PS/c1-48(45,46)38-27(15-7-10-18-34)30(39)37-29(19-23-11-3-2-4-12-23)47(43,44)22-33(16-8-9-17-33)32(42)36-28(31(40)41)20-24-21-35-26-14-6-5-13-25(24)26/h2-6,11-14,21,27-29,35,38H,7-10,15-20,22,34H2,1H3,(H,36,42)(H,37,39)(H,40,41)(H,43,44). The van der Waals surface area contributed by atoms with Gasteiger partial charge in [-0.05, 0) is 49.4 Å². The SMILES string of the molecule is CS(=O)(=O)NC(CCCCN)C(=O)NC(Cc1ccccc1)P(=O)(O)CC1(C(=O)NC(Cc2c[nH]c3ccccc23)C(=O)O)CCCC1. The van der Waals surface area contributed by atoms with Gasteiger partial charge < -0.3 is 31.4 Å². The molecule has 2 amide bonds. The van der Waals surface area contributed by atoms with Gasteiger partial charge in [0.25, 0.3) is 0 Å². The molecule has 13 nitrogen and oxygen atoms in total. The molecule has 48 heavy (non-hydrogen) atoms. The third-order valence-electron chi connectivity index (χ3n) is 8.96. The Balaban J connectivity index is 1.59. The number of hydrogen-bond acceptors (Lipinski definition) is 7. The highest BCUT2D eigenvalue weighted by Gasteiger charge is 2.49. The molecule has 0 spiro atoms. The summed E-state index contributed by atoms with van der Waals surface area (Å²) in [4.78, 5) is 54.7. The van der Waals surface area contributed by atoms with Crippen LogP contribution in [0.2, 0.25) is 0 Å². The van der Waals surface area contributed by atoms with Crippen LogP contribution in [0, 0.1) is 5.41 Å². The number of carboxylic acids is 1. The molecule has 0 aliphatic heterocycles. The Bertz CT molecular complexity index is 1730. The first-order valence-corrected chi connectivity index (χ1v) is 20.0. The van der Waals surface area contributed by atoms with Crippen LogP contribution in [-0.4, -0.2) is 78.0 Å². The van der Waals surface area contributed by atoms with E-state index in [1.54, 1.807) is 36.5 Å². The summed E-state index contributed by atoms with van der Waals surface area (Å²) in [6.45, 7) is 0.352. The predicted octanol–water partition coefficient (Wildman–Crippen LogP) is 2.84. The number of hydrogen-bond donors (Lipinski definition) is 7. The van der Waals surface area contributed by atoms with Crippen LogP contribution < -0.4 is 21.1 Å². The van der Waals surface area contributed by atoms with Gasteiger partial charge in [0.05, 0.1) is 11.7 Å². The van der Waals surface area contributed by atoms with E-state index in [1.807, 2.05) is 24.3 Å². The van der Waals surface area contributed by atoms with Gasteiger partial charge >= 0.3 is 5.97 Å². The largest absolute Gasteiger partial charge is 0.480 e. The Morgan fingerprint density at radius 1 is 0.979 bits per heavy atom. The zero-order valence-electron chi connectivity index (χ0n) is 27.1. The van der Waals surface area contributed by atoms with Gasteiger partial charge in [0.15, 0.2) is 0 Å². The van der Waals surface area contributed by atoms with E-state index in [0.29, 0.717) is 43.4 Å². The summed E-state index contributed by atoms with van der Waals surface area (Å²) >= 11 is 0. The van der Waals surface area contributed by atoms with Crippen molar-refractivity contribution in [1.29, 1.82) is 0 Å². The fourth-order valence-electron chi connectivity index (χ4n) is 6.48. The molecule has 262 valence electrons. The number of H-pyrrole nitrogens is 1. The maximum atomic E-state index is 14.4. The Morgan fingerprint density at radius 3 is 2.29 bits per heavy atom. The lowest BCUT2D eigenvalue weighted by Crippen LogP contribution is -2.52. The summed E-state index contributed by atoms with van der Waals surface area (Å²) in [6, 6.07) is 13.7. The number of para-hydroxylation sites is 1. The van der Waals surface area contributed by atoms with E-state index in [0.717, 1.165) is 17.2 Å². The second-order valence-electron chi connectivity index (χ2n) is 12.8. The monoisotopic (exact) mass is 703 g/mol. The summed E-state index contributed by atoms with van der Waals surface area (Å²) in [7, 11) is -8.21. The minimum absolute atomic E-state index is 0.00350. The Labute approximate surface area is 281 Å². The molecule has 2 aromatic carbocycles. The number of unbranched alkanes of at least 4 members (excludes halogenated alkanes) is 1. The molecule has 0 bridgehead atoms. The maximum Gasteiger partial charge on any atom is 0.326 e. The predicted molar refractivity (Wildman–Crippen MR) is 184 cm³/mol. The van der Waals surface area contributed by atoms with Crippen molar-refractivity contribution in [2.45, 2.75) is 75.7 Å². The average Bonchev–Trinajstić information content (AvgIpc) is 3.67. The van der Waals surface area contributed by atoms with E-state index in [-0.39, 0.29) is 32.1 Å². The number of rotatable bonds is 18. The molecule has 4 unspecified atom stereocenters. The number of sulfonamides is 1. The normalized spacial score (nSPS) is 17.6. The van der Waals surface area contributed by atoms with E-state index in [4.69, 9.17) is 5.73 Å². The van der Waals surface area contributed by atoms with Crippen molar-refractivity contribution in [3.63, 3.8) is 0 Å². The van der Waals surface area contributed by atoms with Gasteiger partial charge in [0, 0.05) is 36.1 Å². The number of carbonyl (C=O) groups excluding carboxylic acids is 2. The Kier molecular flexibility index (Phi) is 12.6. The molecular formula is C33H46N5O8PS. The fraction of sp³-hybridized carbons (Fsp3) is 0.485. The minimum atomic E-state index is -4.41. The maximum absolute atomic E-state index is 14.4. The second kappa shape index (κ2) is 16.2. The summed E-state index contributed by atoms with van der Waals surface area (Å²) in [5.74, 6) is -3.97. The van der Waals surface area contributed by atoms with Gasteiger partial charge in [0.2, 0.25) is 29.2 Å². The lowest BCUT2D eigenvalue weighted by molar-refractivity contribution is -0.143. The molecule has 0 radical (unpaired) electrons. The van der Waals surface area contributed by atoms with Crippen molar-refractivity contribution in [3.05, 3.63) is 71.9 Å². The number of nitrogens with one attached hydrogen (secondary N) is 4. The number of benzene rings is 2. The Hall–Kier alpha value is -3.55. The second-order valence-corrected chi connectivity index (χ2v) is 17.0. The van der Waals surface area contributed by atoms with E-state index in [9.17, 15) is 37.4 Å². The van der Waals surface area contributed by atoms with Crippen LogP contribution in [0.5, 0.6) is 0 Å². The van der Waals surface area contributed by atoms with Gasteiger partial charge in [0.1, 0.15) is 17.9 Å². The van der Waals surface area contributed by atoms with Crippen LogP contribution in [-0.2, 0) is 41.8 Å². The van der Waals surface area contributed by atoms with Gasteiger partial charge in [-0.1, -0.05) is 67.8 Å². The molecule has 1 aliphatic rings. The number of aromatic nitrogens is 1. The molecule has 4 rings (SSSR count). The molecule has 1 heterocycles. The quantitative estimate of drug-likeness (QED) is 0.0764. The molecule has 1 aromatic heterocycles. The zero-order chi connectivity index (χ0) is 35.0. The zero-order valence-corrected chi connectivity index (χ0v) is 28.8. The lowest BCUT2D eigenvalue weighted by Gasteiger charge is -2.34. The highest BCUT2D eigenvalue weighted by atomic mass is 32.2. The first kappa shape index (κ1) is 37.3. The molecule has 1 saturated carbocycles. The van der Waals surface area contributed by atoms with Gasteiger partial charge in [-0.15, -0.1) is 0 Å². The van der Waals surface area contributed by atoms with E-state index in [1.165, 1.54) is 0 Å². The van der Waals surface area contributed by atoms with Crippen molar-refractivity contribution < 1.29 is 37.4 Å². The number of fused-ring (bicyclic) bond motifs is 1. The number of carbonyl (C=O) groups is 3. The lowest BCUT2D eigenvalue weighted by atomic mass is 9.87. The van der Waals surface area contributed by atoms with Crippen molar-refractivity contribution in [1.82, 2.24) is 20.3 Å². The fourth-order valence-corrected chi connectivity index (χ4v) is 9.59. The van der Waals surface area contributed by atoms with Crippen LogP contribution >= 0.6 is 7.37 Å².